The third-order valence-corrected chi connectivity index (χ3v) is 3.40. The van der Waals surface area contributed by atoms with E-state index >= 15 is 0 Å². The highest BCUT2D eigenvalue weighted by Crippen LogP contribution is 2.09. The molecule has 0 spiro atoms. The van der Waals surface area contributed by atoms with Gasteiger partial charge in [-0.05, 0) is 33.1 Å². The fraction of sp³-hybridized carbons (Fsp3) is 0.941. The smallest absolute Gasteiger partial charge is 0.407 e. The van der Waals surface area contributed by atoms with Gasteiger partial charge in [0.15, 0.2) is 0 Å². The van der Waals surface area contributed by atoms with Crippen molar-refractivity contribution < 1.29 is 14.3 Å². The lowest BCUT2D eigenvalue weighted by Gasteiger charge is -2.28. The molecule has 0 aromatic rings. The highest BCUT2D eigenvalue weighted by molar-refractivity contribution is 5.67. The number of hydrogen-bond donors (Lipinski definition) is 2. The summed E-state index contributed by atoms with van der Waals surface area (Å²) in [6.07, 6.45) is 2.94. The first-order chi connectivity index (χ1) is 10.2. The normalized spacial score (nSPS) is 14.7. The van der Waals surface area contributed by atoms with Crippen LogP contribution in [0, 0.1) is 5.92 Å². The Hall–Kier alpha value is -0.810. The average molecular weight is 316 g/mol. The van der Waals surface area contributed by atoms with E-state index in [-0.39, 0.29) is 18.2 Å². The van der Waals surface area contributed by atoms with E-state index in [9.17, 15) is 4.79 Å². The molecule has 1 amide bonds. The minimum Gasteiger partial charge on any atom is -0.444 e. The molecule has 0 heterocycles. The molecule has 0 aliphatic heterocycles. The van der Waals surface area contributed by atoms with Crippen LogP contribution in [0.1, 0.15) is 60.8 Å². The first-order valence-corrected chi connectivity index (χ1v) is 8.41. The second-order valence-corrected chi connectivity index (χ2v) is 7.19. The maximum atomic E-state index is 11.8. The third kappa shape index (κ3) is 10.9. The molecule has 5 nitrogen and oxygen atoms in total. The van der Waals surface area contributed by atoms with Gasteiger partial charge in [0.2, 0.25) is 0 Å². The van der Waals surface area contributed by atoms with Crippen molar-refractivity contribution in [2.45, 2.75) is 78.5 Å². The molecule has 2 N–H and O–H groups in total. The standard InChI is InChI=1S/C17H36N2O3/c1-8-9-10-14(19-15(12-21-7)13(2)3)11-18-16(20)22-17(4,5)6/h13-15,19H,8-12H2,1-7H3,(H,18,20). The van der Waals surface area contributed by atoms with Gasteiger partial charge in [-0.1, -0.05) is 33.6 Å². The topological polar surface area (TPSA) is 59.6 Å². The summed E-state index contributed by atoms with van der Waals surface area (Å²) in [5, 5.41) is 6.48. The van der Waals surface area contributed by atoms with Crippen molar-refractivity contribution in [1.29, 1.82) is 0 Å². The molecule has 0 radical (unpaired) electrons. The van der Waals surface area contributed by atoms with Crippen molar-refractivity contribution in [1.82, 2.24) is 10.6 Å². The van der Waals surface area contributed by atoms with Crippen LogP contribution in [-0.4, -0.2) is 44.0 Å². The van der Waals surface area contributed by atoms with Gasteiger partial charge in [0, 0.05) is 25.7 Å². The molecule has 0 aromatic heterocycles. The Morgan fingerprint density at radius 2 is 1.86 bits per heavy atom. The molecule has 2 unspecified atom stereocenters. The summed E-state index contributed by atoms with van der Waals surface area (Å²) in [5.41, 5.74) is -0.465. The van der Waals surface area contributed by atoms with Gasteiger partial charge in [-0.2, -0.15) is 0 Å². The highest BCUT2D eigenvalue weighted by atomic mass is 16.6. The van der Waals surface area contributed by atoms with Gasteiger partial charge in [0.1, 0.15) is 5.60 Å². The molecule has 0 aliphatic rings. The van der Waals surface area contributed by atoms with E-state index in [4.69, 9.17) is 9.47 Å². The fourth-order valence-corrected chi connectivity index (χ4v) is 2.13. The van der Waals surface area contributed by atoms with Gasteiger partial charge in [-0.15, -0.1) is 0 Å². The number of amides is 1. The van der Waals surface area contributed by atoms with E-state index < -0.39 is 5.60 Å². The Labute approximate surface area is 136 Å². The van der Waals surface area contributed by atoms with Crippen LogP contribution in [0.15, 0.2) is 0 Å². The Morgan fingerprint density at radius 1 is 1.23 bits per heavy atom. The Morgan fingerprint density at radius 3 is 2.32 bits per heavy atom. The molecule has 5 heteroatoms. The number of hydrogen-bond acceptors (Lipinski definition) is 4. The third-order valence-electron chi connectivity index (χ3n) is 3.40. The minimum absolute atomic E-state index is 0.231. The van der Waals surface area contributed by atoms with Gasteiger partial charge in [0.25, 0.3) is 0 Å². The van der Waals surface area contributed by atoms with Crippen LogP contribution in [0.25, 0.3) is 0 Å². The van der Waals surface area contributed by atoms with Crippen molar-refractivity contribution in [3.63, 3.8) is 0 Å². The van der Waals surface area contributed by atoms with Gasteiger partial charge >= 0.3 is 6.09 Å². The van der Waals surface area contributed by atoms with E-state index in [0.29, 0.717) is 19.1 Å². The molecular weight excluding hydrogens is 280 g/mol. The number of methoxy groups -OCH3 is 1. The van der Waals surface area contributed by atoms with E-state index in [1.165, 1.54) is 0 Å². The molecule has 0 aromatic carbocycles. The van der Waals surface area contributed by atoms with Crippen molar-refractivity contribution >= 4 is 6.09 Å². The second kappa shape index (κ2) is 10.8. The summed E-state index contributed by atoms with van der Waals surface area (Å²) < 4.78 is 10.6. The van der Waals surface area contributed by atoms with Gasteiger partial charge in [-0.25, -0.2) is 4.79 Å². The SMILES string of the molecule is CCCCC(CNC(=O)OC(C)(C)C)NC(COC)C(C)C. The Balaban J connectivity index is 4.46. The zero-order valence-electron chi connectivity index (χ0n) is 15.5. The number of carbonyl (C=O) groups is 1. The van der Waals surface area contributed by atoms with Crippen molar-refractivity contribution in [2.24, 2.45) is 5.92 Å². The monoisotopic (exact) mass is 316 g/mol. The van der Waals surface area contributed by atoms with Crippen LogP contribution < -0.4 is 10.6 Å². The van der Waals surface area contributed by atoms with Crippen LogP contribution >= 0.6 is 0 Å². The van der Waals surface area contributed by atoms with Gasteiger partial charge < -0.3 is 20.1 Å². The number of carbonyl (C=O) groups excluding carboxylic acids is 1. The molecule has 22 heavy (non-hydrogen) atoms. The largest absolute Gasteiger partial charge is 0.444 e. The molecule has 0 rings (SSSR count). The molecule has 0 aliphatic carbocycles. The van der Waals surface area contributed by atoms with Gasteiger partial charge in [-0.3, -0.25) is 0 Å². The summed E-state index contributed by atoms with van der Waals surface area (Å²) in [7, 11) is 1.72. The lowest BCUT2D eigenvalue weighted by atomic mass is 10.0. The van der Waals surface area contributed by atoms with Crippen LogP contribution in [0.5, 0.6) is 0 Å². The predicted molar refractivity (Wildman–Crippen MR) is 91.2 cm³/mol. The lowest BCUT2D eigenvalue weighted by Crippen LogP contribution is -2.49. The van der Waals surface area contributed by atoms with Crippen molar-refractivity contribution in [2.75, 3.05) is 20.3 Å². The van der Waals surface area contributed by atoms with Crippen LogP contribution in [-0.2, 0) is 9.47 Å². The Bertz CT molecular complexity index is 301. The number of nitrogens with one attached hydrogen (secondary N) is 2. The molecule has 0 fully saturated rings. The van der Waals surface area contributed by atoms with Crippen LogP contribution in [0.4, 0.5) is 4.79 Å². The molecule has 132 valence electrons. The van der Waals surface area contributed by atoms with Gasteiger partial charge in [0.05, 0.1) is 6.61 Å². The number of ether oxygens (including phenoxy) is 2. The van der Waals surface area contributed by atoms with Crippen LogP contribution in [0.2, 0.25) is 0 Å². The number of unbranched alkanes of at least 4 members (excludes halogenated alkanes) is 1. The van der Waals surface area contributed by atoms with E-state index in [2.05, 4.69) is 31.4 Å². The number of rotatable bonds is 10. The zero-order valence-corrected chi connectivity index (χ0v) is 15.5. The van der Waals surface area contributed by atoms with Crippen molar-refractivity contribution in [3.8, 4) is 0 Å². The summed E-state index contributed by atoms with van der Waals surface area (Å²) in [4.78, 5) is 11.8. The quantitative estimate of drug-likeness (QED) is 0.649. The summed E-state index contributed by atoms with van der Waals surface area (Å²) in [5.74, 6) is 0.477. The molecular formula is C17H36N2O3. The molecule has 2 atom stereocenters. The van der Waals surface area contributed by atoms with Crippen molar-refractivity contribution in [3.05, 3.63) is 0 Å². The highest BCUT2D eigenvalue weighted by Gasteiger charge is 2.20. The van der Waals surface area contributed by atoms with E-state index in [1.807, 2.05) is 20.8 Å². The number of alkyl carbamates (subject to hydrolysis) is 1. The zero-order chi connectivity index (χ0) is 17.2. The predicted octanol–water partition coefficient (Wildman–Crippen LogP) is 3.33. The molecule has 0 saturated carbocycles. The lowest BCUT2D eigenvalue weighted by molar-refractivity contribution is 0.0518. The van der Waals surface area contributed by atoms with E-state index in [1.54, 1.807) is 7.11 Å². The maximum Gasteiger partial charge on any atom is 0.407 e. The summed E-state index contributed by atoms with van der Waals surface area (Å²) >= 11 is 0. The first-order valence-electron chi connectivity index (χ1n) is 8.41. The average Bonchev–Trinajstić information content (AvgIpc) is 2.38. The fourth-order valence-electron chi connectivity index (χ4n) is 2.13. The molecule has 0 saturated heterocycles. The maximum absolute atomic E-state index is 11.8. The minimum atomic E-state index is -0.465. The summed E-state index contributed by atoms with van der Waals surface area (Å²) in [6.45, 7) is 13.4. The summed E-state index contributed by atoms with van der Waals surface area (Å²) in [6, 6.07) is 0.516. The molecule has 0 bridgehead atoms. The first kappa shape index (κ1) is 21.2. The second-order valence-electron chi connectivity index (χ2n) is 7.19. The Kier molecular flexibility index (Phi) is 10.4. The van der Waals surface area contributed by atoms with E-state index in [0.717, 1.165) is 19.3 Å². The van der Waals surface area contributed by atoms with Crippen LogP contribution in [0.3, 0.4) is 0 Å².